The first-order valence-electron chi connectivity index (χ1n) is 3.11. The molecule has 0 rings (SSSR count). The van der Waals surface area contributed by atoms with Gasteiger partial charge in [0.05, 0.1) is 0 Å². The van der Waals surface area contributed by atoms with E-state index in [4.69, 9.17) is 5.73 Å². The number of rotatable bonds is 4. The highest BCUT2D eigenvalue weighted by Gasteiger charge is 1.91. The van der Waals surface area contributed by atoms with E-state index in [2.05, 4.69) is 24.1 Å². The van der Waals surface area contributed by atoms with Gasteiger partial charge in [-0.25, -0.2) is 0 Å². The molecule has 0 aliphatic heterocycles. The Morgan fingerprint density at radius 2 is 2.44 bits per heavy atom. The number of likely N-dealkylation sites (N-methyl/N-ethyl adjacent to an activating group) is 1. The minimum absolute atomic E-state index is 0.606. The Bertz CT molecular complexity index is 99.5. The van der Waals surface area contributed by atoms with Gasteiger partial charge in [0.2, 0.25) is 0 Å². The minimum Gasteiger partial charge on any atom is -0.318 e. The van der Waals surface area contributed by atoms with Crippen LogP contribution in [0.15, 0.2) is 18.4 Å². The van der Waals surface area contributed by atoms with Crippen molar-refractivity contribution in [3.63, 3.8) is 0 Å². The lowest BCUT2D eigenvalue weighted by molar-refractivity contribution is 0.329. The van der Waals surface area contributed by atoms with Gasteiger partial charge in [-0.15, -0.1) is 5.73 Å². The summed E-state index contributed by atoms with van der Waals surface area (Å²) in [7, 11) is 0. The van der Waals surface area contributed by atoms with Crippen LogP contribution in [-0.4, -0.2) is 24.7 Å². The molecule has 0 saturated carbocycles. The quantitative estimate of drug-likeness (QED) is 0.440. The van der Waals surface area contributed by atoms with Crippen molar-refractivity contribution in [2.24, 2.45) is 5.73 Å². The minimum atomic E-state index is 0.606. The normalized spacial score (nSPS) is 9.22. The van der Waals surface area contributed by atoms with E-state index in [9.17, 15) is 0 Å². The molecule has 9 heavy (non-hydrogen) atoms. The average Bonchev–Trinajstić information content (AvgIpc) is 1.91. The van der Waals surface area contributed by atoms with Gasteiger partial charge in [-0.05, 0) is 12.6 Å². The van der Waals surface area contributed by atoms with Crippen LogP contribution >= 0.6 is 0 Å². The molecule has 2 nitrogen and oxygen atoms in total. The number of hydrogen-bond acceptors (Lipinski definition) is 2. The van der Waals surface area contributed by atoms with Crippen LogP contribution in [0.3, 0.4) is 0 Å². The fourth-order valence-corrected chi connectivity index (χ4v) is 0.526. The van der Waals surface area contributed by atoms with Crippen LogP contribution in [0.2, 0.25) is 0 Å². The van der Waals surface area contributed by atoms with Crippen molar-refractivity contribution in [2.75, 3.05) is 19.8 Å². The van der Waals surface area contributed by atoms with E-state index in [0.29, 0.717) is 6.67 Å². The van der Waals surface area contributed by atoms with Crippen LogP contribution in [-0.2, 0) is 0 Å². The van der Waals surface area contributed by atoms with Crippen molar-refractivity contribution in [1.82, 2.24) is 4.90 Å². The molecule has 0 aromatic carbocycles. The molecule has 0 fully saturated rings. The first kappa shape index (κ1) is 8.44. The lowest BCUT2D eigenvalue weighted by Gasteiger charge is -2.13. The lowest BCUT2D eigenvalue weighted by Crippen LogP contribution is -2.29. The van der Waals surface area contributed by atoms with Crippen LogP contribution in [0, 0.1) is 0 Å². The summed E-state index contributed by atoms with van der Waals surface area (Å²) in [6.07, 6.45) is 1.87. The molecule has 0 atom stereocenters. The maximum Gasteiger partial charge on any atom is 0.0458 e. The Balaban J connectivity index is 3.42. The van der Waals surface area contributed by atoms with Gasteiger partial charge in [0.1, 0.15) is 0 Å². The number of nitrogens with two attached hydrogens (primary N) is 1. The number of hydrogen-bond donors (Lipinski definition) is 1. The van der Waals surface area contributed by atoms with Gasteiger partial charge in [-0.3, -0.25) is 4.90 Å². The van der Waals surface area contributed by atoms with Crippen LogP contribution in [0.5, 0.6) is 0 Å². The molecule has 0 aliphatic carbocycles. The summed E-state index contributed by atoms with van der Waals surface area (Å²) in [5.74, 6) is 0. The summed E-state index contributed by atoms with van der Waals surface area (Å²) in [6.45, 7) is 7.97. The molecule has 0 saturated heterocycles. The molecule has 0 unspecified atom stereocenters. The van der Waals surface area contributed by atoms with Crippen molar-refractivity contribution in [1.29, 1.82) is 0 Å². The topological polar surface area (TPSA) is 29.3 Å². The molecule has 0 spiro atoms. The molecule has 0 aliphatic rings. The fourth-order valence-electron chi connectivity index (χ4n) is 0.526. The number of nitrogens with zero attached hydrogens (tertiary/aromatic N) is 1. The lowest BCUT2D eigenvalue weighted by atomic mass is 10.5. The second kappa shape index (κ2) is 5.57. The molecule has 52 valence electrons. The van der Waals surface area contributed by atoms with Gasteiger partial charge < -0.3 is 5.73 Å². The van der Waals surface area contributed by atoms with E-state index in [1.165, 1.54) is 0 Å². The molecule has 0 aromatic rings. The van der Waals surface area contributed by atoms with Gasteiger partial charge in [-0.2, -0.15) is 0 Å². The first-order valence-corrected chi connectivity index (χ1v) is 3.11. The van der Waals surface area contributed by atoms with Crippen LogP contribution in [0.4, 0.5) is 0 Å². The summed E-state index contributed by atoms with van der Waals surface area (Å²) < 4.78 is 0. The van der Waals surface area contributed by atoms with Gasteiger partial charge >= 0.3 is 0 Å². The van der Waals surface area contributed by atoms with E-state index >= 15 is 0 Å². The van der Waals surface area contributed by atoms with E-state index in [1.54, 1.807) is 0 Å². The third-order valence-electron chi connectivity index (χ3n) is 1.20. The predicted octanol–water partition coefficient (Wildman–Crippen LogP) is 0.566. The van der Waals surface area contributed by atoms with Gasteiger partial charge in [-0.1, -0.05) is 13.5 Å². The molecule has 0 aromatic heterocycles. The van der Waals surface area contributed by atoms with Gasteiger partial charge in [0.15, 0.2) is 0 Å². The van der Waals surface area contributed by atoms with Crippen LogP contribution < -0.4 is 5.73 Å². The molecule has 0 radical (unpaired) electrons. The highest BCUT2D eigenvalue weighted by Crippen LogP contribution is 1.81. The van der Waals surface area contributed by atoms with Crippen molar-refractivity contribution >= 4 is 0 Å². The third-order valence-corrected chi connectivity index (χ3v) is 1.20. The predicted molar refractivity (Wildman–Crippen MR) is 40.0 cm³/mol. The average molecular weight is 126 g/mol. The van der Waals surface area contributed by atoms with Gasteiger partial charge in [0, 0.05) is 13.2 Å². The zero-order valence-electron chi connectivity index (χ0n) is 5.93. The SMILES string of the molecule is C=C=CCN(CC)CN. The van der Waals surface area contributed by atoms with Gasteiger partial charge in [0.25, 0.3) is 0 Å². The Hall–Kier alpha value is -0.560. The summed E-state index contributed by atoms with van der Waals surface area (Å²) in [5.41, 5.74) is 8.08. The van der Waals surface area contributed by atoms with Crippen molar-refractivity contribution in [3.8, 4) is 0 Å². The van der Waals surface area contributed by atoms with Crippen LogP contribution in [0.25, 0.3) is 0 Å². The Kier molecular flexibility index (Phi) is 5.23. The Morgan fingerprint density at radius 3 is 2.78 bits per heavy atom. The van der Waals surface area contributed by atoms with E-state index in [1.807, 2.05) is 6.08 Å². The Labute approximate surface area is 56.6 Å². The highest BCUT2D eigenvalue weighted by molar-refractivity contribution is 4.78. The molecule has 0 bridgehead atoms. The second-order valence-corrected chi connectivity index (χ2v) is 1.76. The monoisotopic (exact) mass is 126 g/mol. The molecule has 2 N–H and O–H groups in total. The standard InChI is InChI=1S/C7H14N2/c1-3-5-6-9(4-2)7-8/h5H,1,4,6-8H2,2H3. The highest BCUT2D eigenvalue weighted by atomic mass is 15.2. The molecule has 0 amide bonds. The summed E-state index contributed by atoms with van der Waals surface area (Å²) in [4.78, 5) is 2.08. The van der Waals surface area contributed by atoms with Crippen molar-refractivity contribution in [2.45, 2.75) is 6.92 Å². The zero-order valence-corrected chi connectivity index (χ0v) is 5.93. The maximum atomic E-state index is 5.38. The molecular formula is C7H14N2. The van der Waals surface area contributed by atoms with Crippen molar-refractivity contribution < 1.29 is 0 Å². The zero-order chi connectivity index (χ0) is 7.11. The van der Waals surface area contributed by atoms with Crippen molar-refractivity contribution in [3.05, 3.63) is 18.4 Å². The fraction of sp³-hybridized carbons (Fsp3) is 0.571. The molecule has 0 heterocycles. The molecular weight excluding hydrogens is 112 g/mol. The van der Waals surface area contributed by atoms with Crippen LogP contribution in [0.1, 0.15) is 6.92 Å². The Morgan fingerprint density at radius 1 is 1.78 bits per heavy atom. The third kappa shape index (κ3) is 3.98. The molecule has 2 heteroatoms. The summed E-state index contributed by atoms with van der Waals surface area (Å²) in [6, 6.07) is 0. The van der Waals surface area contributed by atoms with E-state index in [0.717, 1.165) is 13.1 Å². The maximum absolute atomic E-state index is 5.38. The summed E-state index contributed by atoms with van der Waals surface area (Å²) in [5, 5.41) is 0. The van der Waals surface area contributed by atoms with E-state index in [-0.39, 0.29) is 0 Å². The largest absolute Gasteiger partial charge is 0.318 e. The summed E-state index contributed by atoms with van der Waals surface area (Å²) >= 11 is 0. The second-order valence-electron chi connectivity index (χ2n) is 1.76. The smallest absolute Gasteiger partial charge is 0.0458 e. The van der Waals surface area contributed by atoms with E-state index < -0.39 is 0 Å². The first-order chi connectivity index (χ1) is 4.35.